The molecule has 0 spiro atoms. The molecular weight excluding hydrogens is 304 g/mol. The number of ether oxygens (including phenoxy) is 1. The van der Waals surface area contributed by atoms with E-state index in [1.807, 2.05) is 35.2 Å². The van der Waals surface area contributed by atoms with E-state index in [4.69, 9.17) is 4.74 Å². The minimum Gasteiger partial charge on any atom is -0.493 e. The Morgan fingerprint density at radius 1 is 1.08 bits per heavy atom. The average molecular weight is 330 g/mol. The second kappa shape index (κ2) is 8.18. The van der Waals surface area contributed by atoms with Crippen molar-refractivity contribution in [3.05, 3.63) is 30.3 Å². The van der Waals surface area contributed by atoms with Crippen LogP contribution in [0.2, 0.25) is 0 Å². The number of hydrogen-bond donors (Lipinski definition) is 1. The highest BCUT2D eigenvalue weighted by atomic mass is 16.5. The molecule has 0 atom stereocenters. The standard InChI is InChI=1S/C19H26N2O3/c22-18(11-14-24-17-7-2-1-3-8-17)21-12-9-16(10-13-21)20-19(23)15-5-4-6-15/h1-3,7-8,15-16H,4-6,9-14H2,(H,20,23). The van der Waals surface area contributed by atoms with Crippen LogP contribution in [0.15, 0.2) is 30.3 Å². The summed E-state index contributed by atoms with van der Waals surface area (Å²) in [4.78, 5) is 26.1. The van der Waals surface area contributed by atoms with Crippen LogP contribution in [0.3, 0.4) is 0 Å². The lowest BCUT2D eigenvalue weighted by Gasteiger charge is -2.34. The number of para-hydroxylation sites is 1. The van der Waals surface area contributed by atoms with E-state index in [1.54, 1.807) is 0 Å². The lowest BCUT2D eigenvalue weighted by Crippen LogP contribution is -2.48. The Labute approximate surface area is 143 Å². The summed E-state index contributed by atoms with van der Waals surface area (Å²) < 4.78 is 5.58. The van der Waals surface area contributed by atoms with Gasteiger partial charge in [-0.3, -0.25) is 9.59 Å². The number of nitrogens with zero attached hydrogens (tertiary/aromatic N) is 1. The lowest BCUT2D eigenvalue weighted by atomic mass is 9.84. The maximum Gasteiger partial charge on any atom is 0.225 e. The summed E-state index contributed by atoms with van der Waals surface area (Å²) in [5, 5.41) is 3.14. The molecule has 1 aromatic carbocycles. The van der Waals surface area contributed by atoms with Gasteiger partial charge < -0.3 is 15.0 Å². The number of hydrogen-bond acceptors (Lipinski definition) is 3. The summed E-state index contributed by atoms with van der Waals surface area (Å²) in [6.07, 6.45) is 5.34. The van der Waals surface area contributed by atoms with E-state index in [1.165, 1.54) is 6.42 Å². The molecule has 0 aromatic heterocycles. The molecule has 1 heterocycles. The van der Waals surface area contributed by atoms with Crippen LogP contribution in [0.4, 0.5) is 0 Å². The summed E-state index contributed by atoms with van der Waals surface area (Å²) in [7, 11) is 0. The summed E-state index contributed by atoms with van der Waals surface area (Å²) in [6.45, 7) is 1.85. The average Bonchev–Trinajstić information content (AvgIpc) is 2.54. The third kappa shape index (κ3) is 4.49. The van der Waals surface area contributed by atoms with Crippen molar-refractivity contribution in [3.8, 4) is 5.75 Å². The van der Waals surface area contributed by atoms with Crippen LogP contribution in [0.25, 0.3) is 0 Å². The smallest absolute Gasteiger partial charge is 0.225 e. The Hall–Kier alpha value is -2.04. The Morgan fingerprint density at radius 3 is 2.42 bits per heavy atom. The van der Waals surface area contributed by atoms with Gasteiger partial charge in [0.05, 0.1) is 13.0 Å². The molecule has 2 fully saturated rings. The summed E-state index contributed by atoms with van der Waals surface area (Å²) in [5.74, 6) is 1.37. The monoisotopic (exact) mass is 330 g/mol. The minimum atomic E-state index is 0.134. The number of carbonyl (C=O) groups excluding carboxylic acids is 2. The highest BCUT2D eigenvalue weighted by Gasteiger charge is 2.29. The number of benzene rings is 1. The largest absolute Gasteiger partial charge is 0.493 e. The Balaban J connectivity index is 1.33. The van der Waals surface area contributed by atoms with Crippen LogP contribution in [0, 0.1) is 5.92 Å². The summed E-state index contributed by atoms with van der Waals surface area (Å²) >= 11 is 0. The van der Waals surface area contributed by atoms with E-state index in [9.17, 15) is 9.59 Å². The topological polar surface area (TPSA) is 58.6 Å². The van der Waals surface area contributed by atoms with Crippen molar-refractivity contribution in [2.75, 3.05) is 19.7 Å². The molecule has 1 saturated heterocycles. The van der Waals surface area contributed by atoms with Crippen molar-refractivity contribution in [1.82, 2.24) is 10.2 Å². The van der Waals surface area contributed by atoms with E-state index in [0.29, 0.717) is 13.0 Å². The first-order valence-electron chi connectivity index (χ1n) is 8.98. The van der Waals surface area contributed by atoms with Crippen molar-refractivity contribution >= 4 is 11.8 Å². The molecule has 1 aromatic rings. The van der Waals surface area contributed by atoms with Gasteiger partial charge in [-0.15, -0.1) is 0 Å². The number of rotatable bonds is 6. The highest BCUT2D eigenvalue weighted by Crippen LogP contribution is 2.26. The van der Waals surface area contributed by atoms with Gasteiger partial charge in [-0.05, 0) is 37.8 Å². The molecule has 5 nitrogen and oxygen atoms in total. The van der Waals surface area contributed by atoms with Gasteiger partial charge in [-0.25, -0.2) is 0 Å². The van der Waals surface area contributed by atoms with Crippen molar-refractivity contribution < 1.29 is 14.3 Å². The van der Waals surface area contributed by atoms with Crippen LogP contribution >= 0.6 is 0 Å². The zero-order valence-corrected chi connectivity index (χ0v) is 14.1. The third-order valence-corrected chi connectivity index (χ3v) is 5.00. The van der Waals surface area contributed by atoms with E-state index >= 15 is 0 Å². The Kier molecular flexibility index (Phi) is 5.72. The van der Waals surface area contributed by atoms with Gasteiger partial charge in [0, 0.05) is 25.0 Å². The Morgan fingerprint density at radius 2 is 1.79 bits per heavy atom. The molecule has 0 unspecified atom stereocenters. The first-order valence-corrected chi connectivity index (χ1v) is 8.98. The van der Waals surface area contributed by atoms with Gasteiger partial charge in [-0.2, -0.15) is 0 Å². The van der Waals surface area contributed by atoms with Gasteiger partial charge in [0.2, 0.25) is 11.8 Å². The molecule has 0 bridgehead atoms. The molecule has 2 aliphatic rings. The maximum atomic E-state index is 12.2. The van der Waals surface area contributed by atoms with Crippen molar-refractivity contribution in [3.63, 3.8) is 0 Å². The second-order valence-corrected chi connectivity index (χ2v) is 6.70. The van der Waals surface area contributed by atoms with Gasteiger partial charge >= 0.3 is 0 Å². The van der Waals surface area contributed by atoms with Crippen molar-refractivity contribution in [2.24, 2.45) is 5.92 Å². The Bertz CT molecular complexity index is 549. The summed E-state index contributed by atoms with van der Waals surface area (Å²) in [5.41, 5.74) is 0. The molecule has 1 N–H and O–H groups in total. The van der Waals surface area contributed by atoms with E-state index in [-0.39, 0.29) is 23.8 Å². The van der Waals surface area contributed by atoms with E-state index in [2.05, 4.69) is 5.32 Å². The molecule has 0 radical (unpaired) electrons. The first-order chi connectivity index (χ1) is 11.7. The van der Waals surface area contributed by atoms with E-state index < -0.39 is 0 Å². The minimum absolute atomic E-state index is 0.134. The normalized spacial score (nSPS) is 18.8. The fourth-order valence-corrected chi connectivity index (χ4v) is 3.19. The van der Waals surface area contributed by atoms with Gasteiger partial charge in [0.25, 0.3) is 0 Å². The molecule has 24 heavy (non-hydrogen) atoms. The number of carbonyl (C=O) groups is 2. The number of piperidine rings is 1. The predicted octanol–water partition coefficient (Wildman–Crippen LogP) is 2.36. The molecule has 5 heteroatoms. The quantitative estimate of drug-likeness (QED) is 0.871. The predicted molar refractivity (Wildman–Crippen MR) is 91.6 cm³/mol. The van der Waals surface area contributed by atoms with Crippen LogP contribution in [0.5, 0.6) is 5.75 Å². The van der Waals surface area contributed by atoms with Gasteiger partial charge in [-0.1, -0.05) is 24.6 Å². The third-order valence-electron chi connectivity index (χ3n) is 5.00. The lowest BCUT2D eigenvalue weighted by molar-refractivity contribution is -0.133. The molecule has 2 amide bonds. The van der Waals surface area contributed by atoms with Crippen LogP contribution < -0.4 is 10.1 Å². The summed E-state index contributed by atoms with van der Waals surface area (Å²) in [6, 6.07) is 9.77. The molecule has 1 saturated carbocycles. The number of likely N-dealkylation sites (tertiary alicyclic amines) is 1. The van der Waals surface area contributed by atoms with Crippen LogP contribution in [-0.2, 0) is 9.59 Å². The number of amides is 2. The zero-order valence-electron chi connectivity index (χ0n) is 14.1. The van der Waals surface area contributed by atoms with Crippen LogP contribution in [0.1, 0.15) is 38.5 Å². The fraction of sp³-hybridized carbons (Fsp3) is 0.579. The molecule has 1 aliphatic heterocycles. The second-order valence-electron chi connectivity index (χ2n) is 6.70. The fourth-order valence-electron chi connectivity index (χ4n) is 3.19. The van der Waals surface area contributed by atoms with Crippen molar-refractivity contribution in [2.45, 2.75) is 44.6 Å². The van der Waals surface area contributed by atoms with Crippen molar-refractivity contribution in [1.29, 1.82) is 0 Å². The first kappa shape index (κ1) is 16.8. The van der Waals surface area contributed by atoms with Gasteiger partial charge in [0.15, 0.2) is 0 Å². The van der Waals surface area contributed by atoms with Gasteiger partial charge in [0.1, 0.15) is 5.75 Å². The SMILES string of the molecule is O=C(NC1CCN(C(=O)CCOc2ccccc2)CC1)C1CCC1. The van der Waals surface area contributed by atoms with Crippen LogP contribution in [-0.4, -0.2) is 42.5 Å². The molecular formula is C19H26N2O3. The molecule has 1 aliphatic carbocycles. The molecule has 3 rings (SSSR count). The highest BCUT2D eigenvalue weighted by molar-refractivity contribution is 5.80. The number of nitrogens with one attached hydrogen (secondary N) is 1. The zero-order chi connectivity index (χ0) is 16.8. The maximum absolute atomic E-state index is 12.2. The van der Waals surface area contributed by atoms with E-state index in [0.717, 1.165) is 44.5 Å². The molecule has 130 valence electrons.